The molecule has 85 valence electrons. The Morgan fingerprint density at radius 3 is 2.00 bits per heavy atom. The van der Waals surface area contributed by atoms with E-state index < -0.39 is 0 Å². The molecule has 3 radical (unpaired) electrons. The molecular formula is C15H22B. The number of fused-ring (bicyclic) bond motifs is 1. The molecule has 0 saturated carbocycles. The SMILES string of the molecule is C.C.CC(C)c1cccc2ccccc12.[B]. The molecule has 2 aromatic carbocycles. The topological polar surface area (TPSA) is 0 Å². The average Bonchev–Trinajstić information content (AvgIpc) is 2.17. The monoisotopic (exact) mass is 213 g/mol. The minimum Gasteiger partial charge on any atom is -0.0776 e. The van der Waals surface area contributed by atoms with Gasteiger partial charge in [-0.3, -0.25) is 0 Å². The molecule has 0 aliphatic heterocycles. The zero-order chi connectivity index (χ0) is 9.26. The number of rotatable bonds is 1. The van der Waals surface area contributed by atoms with Crippen LogP contribution in [0.15, 0.2) is 42.5 Å². The summed E-state index contributed by atoms with van der Waals surface area (Å²) in [4.78, 5) is 0. The Morgan fingerprint density at radius 2 is 1.38 bits per heavy atom. The Bertz CT molecular complexity index is 413. The van der Waals surface area contributed by atoms with Gasteiger partial charge in [0.2, 0.25) is 0 Å². The van der Waals surface area contributed by atoms with Gasteiger partial charge in [-0.25, -0.2) is 0 Å². The molecule has 0 saturated heterocycles. The second kappa shape index (κ2) is 7.11. The zero-order valence-electron chi connectivity index (χ0n) is 8.70. The predicted molar refractivity (Wildman–Crippen MR) is 77.3 cm³/mol. The minimum absolute atomic E-state index is 0. The molecule has 16 heavy (non-hydrogen) atoms. The lowest BCUT2D eigenvalue weighted by Crippen LogP contribution is -1.88. The van der Waals surface area contributed by atoms with Gasteiger partial charge in [-0.2, -0.15) is 0 Å². The fraction of sp³-hybridized carbons (Fsp3) is 0.333. The van der Waals surface area contributed by atoms with Crippen LogP contribution >= 0.6 is 0 Å². The Labute approximate surface area is 102 Å². The van der Waals surface area contributed by atoms with E-state index in [0.717, 1.165) is 0 Å². The molecule has 0 aliphatic rings. The van der Waals surface area contributed by atoms with Crippen LogP contribution in [0.2, 0.25) is 0 Å². The fourth-order valence-electron chi connectivity index (χ4n) is 1.75. The van der Waals surface area contributed by atoms with Crippen molar-refractivity contribution in [3.63, 3.8) is 0 Å². The first-order chi connectivity index (χ1) is 6.29. The highest BCUT2D eigenvalue weighted by atomic mass is 14.1. The van der Waals surface area contributed by atoms with Crippen LogP contribution in [-0.4, -0.2) is 8.41 Å². The van der Waals surface area contributed by atoms with Crippen LogP contribution in [0.4, 0.5) is 0 Å². The Hall–Kier alpha value is -1.24. The van der Waals surface area contributed by atoms with Crippen molar-refractivity contribution in [2.45, 2.75) is 34.6 Å². The Morgan fingerprint density at radius 1 is 0.812 bits per heavy atom. The first kappa shape index (κ1) is 17.2. The highest BCUT2D eigenvalue weighted by Crippen LogP contribution is 2.24. The van der Waals surface area contributed by atoms with Gasteiger partial charge in [0.1, 0.15) is 0 Å². The number of hydrogen-bond donors (Lipinski definition) is 0. The van der Waals surface area contributed by atoms with Gasteiger partial charge in [-0.05, 0) is 22.3 Å². The molecule has 2 rings (SSSR count). The second-order valence-electron chi connectivity index (χ2n) is 3.72. The van der Waals surface area contributed by atoms with Crippen molar-refractivity contribution in [1.82, 2.24) is 0 Å². The van der Waals surface area contributed by atoms with E-state index in [2.05, 4.69) is 56.3 Å². The quantitative estimate of drug-likeness (QED) is 0.593. The first-order valence-electron chi connectivity index (χ1n) is 4.76. The third-order valence-electron chi connectivity index (χ3n) is 2.45. The summed E-state index contributed by atoms with van der Waals surface area (Å²) >= 11 is 0. The summed E-state index contributed by atoms with van der Waals surface area (Å²) < 4.78 is 0. The van der Waals surface area contributed by atoms with E-state index in [1.54, 1.807) is 0 Å². The van der Waals surface area contributed by atoms with Crippen LogP contribution in [-0.2, 0) is 0 Å². The molecule has 1 heteroatoms. The molecule has 0 fully saturated rings. The minimum atomic E-state index is 0. The Kier molecular flexibility index (Phi) is 7.63. The molecule has 0 bridgehead atoms. The molecular weight excluding hydrogens is 191 g/mol. The van der Waals surface area contributed by atoms with E-state index in [1.165, 1.54) is 16.3 Å². The molecule has 0 unspecified atom stereocenters. The molecule has 0 atom stereocenters. The van der Waals surface area contributed by atoms with Gasteiger partial charge in [0.25, 0.3) is 0 Å². The highest BCUT2D eigenvalue weighted by molar-refractivity contribution is 5.86. The lowest BCUT2D eigenvalue weighted by Gasteiger charge is -2.08. The van der Waals surface area contributed by atoms with Crippen molar-refractivity contribution in [2.24, 2.45) is 0 Å². The maximum Gasteiger partial charge on any atom is 0 e. The summed E-state index contributed by atoms with van der Waals surface area (Å²) in [5, 5.41) is 2.73. The first-order valence-corrected chi connectivity index (χ1v) is 4.76. The molecule has 0 aromatic heterocycles. The van der Waals surface area contributed by atoms with E-state index in [9.17, 15) is 0 Å². The standard InChI is InChI=1S/C13H14.2CH4.B/c1-10(2)12-9-5-7-11-6-3-4-8-13(11)12;;;/h3-10H,1-2H3;2*1H4;. The second-order valence-corrected chi connectivity index (χ2v) is 3.72. The lowest BCUT2D eigenvalue weighted by atomic mass is 9.96. The van der Waals surface area contributed by atoms with Crippen molar-refractivity contribution in [3.8, 4) is 0 Å². The van der Waals surface area contributed by atoms with Crippen LogP contribution < -0.4 is 0 Å². The van der Waals surface area contributed by atoms with Crippen LogP contribution in [0, 0.1) is 0 Å². The average molecular weight is 213 g/mol. The summed E-state index contributed by atoms with van der Waals surface area (Å²) in [6.07, 6.45) is 0. The van der Waals surface area contributed by atoms with Gasteiger partial charge in [0.05, 0.1) is 0 Å². The van der Waals surface area contributed by atoms with Crippen molar-refractivity contribution < 1.29 is 0 Å². The van der Waals surface area contributed by atoms with Crippen molar-refractivity contribution in [2.75, 3.05) is 0 Å². The number of benzene rings is 2. The van der Waals surface area contributed by atoms with Crippen LogP contribution in [0.25, 0.3) is 10.8 Å². The van der Waals surface area contributed by atoms with Gasteiger partial charge in [0, 0.05) is 8.41 Å². The molecule has 0 nitrogen and oxygen atoms in total. The summed E-state index contributed by atoms with van der Waals surface area (Å²) in [5.74, 6) is 0.603. The highest BCUT2D eigenvalue weighted by Gasteiger charge is 2.02. The van der Waals surface area contributed by atoms with E-state index in [4.69, 9.17) is 0 Å². The van der Waals surface area contributed by atoms with Crippen molar-refractivity contribution >= 4 is 19.2 Å². The van der Waals surface area contributed by atoms with Gasteiger partial charge in [-0.1, -0.05) is 71.2 Å². The molecule has 0 amide bonds. The molecule has 2 aromatic rings. The van der Waals surface area contributed by atoms with Gasteiger partial charge < -0.3 is 0 Å². The number of hydrogen-bond acceptors (Lipinski definition) is 0. The summed E-state index contributed by atoms with van der Waals surface area (Å²) in [7, 11) is 0. The summed E-state index contributed by atoms with van der Waals surface area (Å²) in [6.45, 7) is 4.48. The van der Waals surface area contributed by atoms with E-state index >= 15 is 0 Å². The van der Waals surface area contributed by atoms with E-state index in [1.807, 2.05) is 0 Å². The predicted octanol–water partition coefficient (Wildman–Crippen LogP) is 4.85. The zero-order valence-corrected chi connectivity index (χ0v) is 8.70. The van der Waals surface area contributed by atoms with E-state index in [-0.39, 0.29) is 23.3 Å². The van der Waals surface area contributed by atoms with Gasteiger partial charge in [-0.15, -0.1) is 0 Å². The van der Waals surface area contributed by atoms with Crippen LogP contribution in [0.5, 0.6) is 0 Å². The molecule has 0 N–H and O–H groups in total. The Balaban J connectivity index is 0. The normalized spacial score (nSPS) is 8.94. The van der Waals surface area contributed by atoms with Crippen molar-refractivity contribution in [3.05, 3.63) is 48.0 Å². The molecule has 0 heterocycles. The van der Waals surface area contributed by atoms with Crippen LogP contribution in [0.1, 0.15) is 40.2 Å². The van der Waals surface area contributed by atoms with Crippen LogP contribution in [0.3, 0.4) is 0 Å². The smallest absolute Gasteiger partial charge is 0 e. The van der Waals surface area contributed by atoms with E-state index in [0.29, 0.717) is 5.92 Å². The molecule has 0 spiro atoms. The summed E-state index contributed by atoms with van der Waals surface area (Å²) in [5.41, 5.74) is 1.44. The van der Waals surface area contributed by atoms with Gasteiger partial charge >= 0.3 is 0 Å². The third-order valence-corrected chi connectivity index (χ3v) is 2.45. The maximum atomic E-state index is 2.24. The summed E-state index contributed by atoms with van der Waals surface area (Å²) in [6, 6.07) is 15.1. The van der Waals surface area contributed by atoms with Crippen molar-refractivity contribution in [1.29, 1.82) is 0 Å². The lowest BCUT2D eigenvalue weighted by molar-refractivity contribution is 0.876. The largest absolute Gasteiger partial charge is 0.0776 e. The third kappa shape index (κ3) is 3.13. The maximum absolute atomic E-state index is 2.24. The van der Waals surface area contributed by atoms with Gasteiger partial charge in [0.15, 0.2) is 0 Å². The molecule has 0 aliphatic carbocycles. The fourth-order valence-corrected chi connectivity index (χ4v) is 1.75.